The maximum atomic E-state index is 3.66. The van der Waals surface area contributed by atoms with E-state index < -0.39 is 0 Å². The molecule has 42 heavy (non-hydrogen) atoms. The Kier molecular flexibility index (Phi) is 4.48. The third-order valence-electron chi connectivity index (χ3n) is 10.2. The third kappa shape index (κ3) is 2.79. The van der Waals surface area contributed by atoms with Crippen molar-refractivity contribution in [3.8, 4) is 33.4 Å². The topological polar surface area (TPSA) is 3.24 Å². The fourth-order valence-electron chi connectivity index (χ4n) is 8.68. The van der Waals surface area contributed by atoms with Crippen molar-refractivity contribution in [3.05, 3.63) is 165 Å². The normalized spacial score (nSPS) is 17.4. The van der Waals surface area contributed by atoms with E-state index in [0.717, 1.165) is 12.8 Å². The molecule has 1 atom stereocenters. The largest absolute Gasteiger partial charge is 0.337 e. The molecule has 1 spiro atoms. The first-order valence-corrected chi connectivity index (χ1v) is 15.7. The van der Waals surface area contributed by atoms with Crippen molar-refractivity contribution in [2.75, 3.05) is 4.90 Å². The Balaban J connectivity index is 1.16. The molecular weight excluding hydrogens is 574 g/mol. The molecule has 2 aliphatic heterocycles. The van der Waals surface area contributed by atoms with Crippen molar-refractivity contribution in [1.82, 2.24) is 0 Å². The minimum atomic E-state index is -0.299. The number of nitrogens with zero attached hydrogens (tertiary/aromatic N) is 1. The highest BCUT2D eigenvalue weighted by molar-refractivity contribution is 9.10. The number of halogens is 1. The van der Waals surface area contributed by atoms with Gasteiger partial charge >= 0.3 is 0 Å². The molecule has 0 radical (unpaired) electrons. The van der Waals surface area contributed by atoms with Crippen molar-refractivity contribution in [2.45, 2.75) is 24.3 Å². The lowest BCUT2D eigenvalue weighted by molar-refractivity contribution is 0.725. The second kappa shape index (κ2) is 8.12. The standard InChI is InChI=1S/C40H26BrN/c41-28-15-18-39-27(20-28)22-29-21-26-19-24(14-17-38(26)42(29)39)25-13-16-33-32-9-3-6-12-36(32)40(37(33)23-25)34-10-4-1-7-30(34)31-8-2-5-11-35(31)40/h1-20,23,29H,21-22H2. The molecule has 0 N–H and O–H groups in total. The molecule has 4 aliphatic rings. The van der Waals surface area contributed by atoms with Gasteiger partial charge in [-0.3, -0.25) is 0 Å². The van der Waals surface area contributed by atoms with Crippen LogP contribution in [0.1, 0.15) is 33.4 Å². The van der Waals surface area contributed by atoms with Gasteiger partial charge in [0.05, 0.1) is 5.41 Å². The Morgan fingerprint density at radius 3 is 1.64 bits per heavy atom. The molecule has 2 heterocycles. The summed E-state index contributed by atoms with van der Waals surface area (Å²) in [7, 11) is 0. The number of benzene rings is 6. The van der Waals surface area contributed by atoms with E-state index in [1.165, 1.54) is 82.6 Å². The van der Waals surface area contributed by atoms with Crippen LogP contribution in [-0.2, 0) is 18.3 Å². The van der Waals surface area contributed by atoms with Crippen LogP contribution in [0.5, 0.6) is 0 Å². The van der Waals surface area contributed by atoms with Crippen LogP contribution < -0.4 is 4.90 Å². The number of rotatable bonds is 1. The van der Waals surface area contributed by atoms with E-state index in [0.29, 0.717) is 6.04 Å². The van der Waals surface area contributed by atoms with Gasteiger partial charge in [-0.25, -0.2) is 0 Å². The van der Waals surface area contributed by atoms with E-state index in [4.69, 9.17) is 0 Å². The van der Waals surface area contributed by atoms with Crippen molar-refractivity contribution in [2.24, 2.45) is 0 Å². The smallest absolute Gasteiger partial charge is 0.0725 e. The van der Waals surface area contributed by atoms with Gasteiger partial charge in [-0.1, -0.05) is 107 Å². The van der Waals surface area contributed by atoms with E-state index in [1.807, 2.05) is 0 Å². The number of fused-ring (bicyclic) bond motifs is 15. The van der Waals surface area contributed by atoms with Crippen LogP contribution in [0.25, 0.3) is 33.4 Å². The van der Waals surface area contributed by atoms with Crippen molar-refractivity contribution >= 4 is 27.3 Å². The highest BCUT2D eigenvalue weighted by Gasteiger charge is 2.51. The summed E-state index contributed by atoms with van der Waals surface area (Å²) in [5.74, 6) is 0. The fourth-order valence-corrected chi connectivity index (χ4v) is 9.08. The van der Waals surface area contributed by atoms with Gasteiger partial charge in [-0.2, -0.15) is 0 Å². The molecule has 0 aromatic heterocycles. The highest BCUT2D eigenvalue weighted by Crippen LogP contribution is 2.63. The minimum Gasteiger partial charge on any atom is -0.337 e. The highest BCUT2D eigenvalue weighted by atomic mass is 79.9. The van der Waals surface area contributed by atoms with Crippen molar-refractivity contribution < 1.29 is 0 Å². The molecular formula is C40H26BrN. The SMILES string of the molecule is Brc1ccc2c(c1)CC1Cc3cc(-c4ccc5c(c4)C4(c6ccccc6-c6ccccc64)c4ccccc4-5)ccc3N21. The summed E-state index contributed by atoms with van der Waals surface area (Å²) >= 11 is 3.66. The average Bonchev–Trinajstić information content (AvgIpc) is 3.73. The summed E-state index contributed by atoms with van der Waals surface area (Å²) in [6.07, 6.45) is 2.20. The van der Waals surface area contributed by atoms with Crippen LogP contribution in [0.15, 0.2) is 132 Å². The number of anilines is 2. The van der Waals surface area contributed by atoms with E-state index in [9.17, 15) is 0 Å². The fraction of sp³-hybridized carbons (Fsp3) is 0.100. The van der Waals surface area contributed by atoms with Crippen LogP contribution in [0.4, 0.5) is 11.4 Å². The summed E-state index contributed by atoms with van der Waals surface area (Å²) in [6.45, 7) is 0. The Bertz CT molecular complexity index is 2080. The van der Waals surface area contributed by atoms with Gasteiger partial charge in [0.15, 0.2) is 0 Å². The summed E-state index contributed by atoms with van der Waals surface area (Å²) in [4.78, 5) is 2.57. The quantitative estimate of drug-likeness (QED) is 0.181. The molecule has 6 aromatic carbocycles. The zero-order chi connectivity index (χ0) is 27.6. The molecule has 1 unspecified atom stereocenters. The average molecular weight is 601 g/mol. The molecule has 0 saturated carbocycles. The lowest BCUT2D eigenvalue weighted by atomic mass is 9.70. The van der Waals surface area contributed by atoms with Gasteiger partial charge in [-0.15, -0.1) is 0 Å². The number of hydrogen-bond donors (Lipinski definition) is 0. The zero-order valence-electron chi connectivity index (χ0n) is 22.9. The summed E-state index contributed by atoms with van der Waals surface area (Å²) in [5, 5.41) is 0. The van der Waals surface area contributed by atoms with Gasteiger partial charge in [0.2, 0.25) is 0 Å². The Hall–Kier alpha value is -4.40. The zero-order valence-corrected chi connectivity index (χ0v) is 24.5. The monoisotopic (exact) mass is 599 g/mol. The molecule has 10 rings (SSSR count). The maximum Gasteiger partial charge on any atom is 0.0725 e. The van der Waals surface area contributed by atoms with Crippen LogP contribution in [-0.4, -0.2) is 6.04 Å². The van der Waals surface area contributed by atoms with Crippen molar-refractivity contribution in [3.63, 3.8) is 0 Å². The first-order valence-electron chi connectivity index (χ1n) is 14.9. The van der Waals surface area contributed by atoms with Crippen LogP contribution in [0.3, 0.4) is 0 Å². The third-order valence-corrected chi connectivity index (χ3v) is 10.7. The lowest BCUT2D eigenvalue weighted by Gasteiger charge is -2.30. The van der Waals surface area contributed by atoms with Crippen LogP contribution in [0.2, 0.25) is 0 Å². The van der Waals surface area contributed by atoms with Crippen LogP contribution in [0, 0.1) is 0 Å². The van der Waals surface area contributed by atoms with Gasteiger partial charge in [0, 0.05) is 21.9 Å². The summed E-state index contributed by atoms with van der Waals surface area (Å²) < 4.78 is 1.17. The molecule has 1 nitrogen and oxygen atoms in total. The van der Waals surface area contributed by atoms with E-state index >= 15 is 0 Å². The van der Waals surface area contributed by atoms with E-state index in [2.05, 4.69) is 148 Å². The molecule has 2 heteroatoms. The van der Waals surface area contributed by atoms with E-state index in [1.54, 1.807) is 0 Å². The second-order valence-corrected chi connectivity index (χ2v) is 13.1. The molecule has 0 saturated heterocycles. The molecule has 198 valence electrons. The molecule has 2 aliphatic carbocycles. The molecule has 6 aromatic rings. The number of hydrogen-bond acceptors (Lipinski definition) is 1. The first-order chi connectivity index (χ1) is 20.7. The predicted octanol–water partition coefficient (Wildman–Crippen LogP) is 10.1. The predicted molar refractivity (Wildman–Crippen MR) is 176 cm³/mol. The summed E-state index contributed by atoms with van der Waals surface area (Å²) in [5.41, 5.74) is 18.9. The van der Waals surface area contributed by atoms with E-state index in [-0.39, 0.29) is 5.41 Å². The molecule has 0 fully saturated rings. The molecule has 0 amide bonds. The first kappa shape index (κ1) is 23.2. The Morgan fingerprint density at radius 2 is 1.00 bits per heavy atom. The Morgan fingerprint density at radius 1 is 0.500 bits per heavy atom. The minimum absolute atomic E-state index is 0.299. The second-order valence-electron chi connectivity index (χ2n) is 12.2. The van der Waals surface area contributed by atoms with Crippen LogP contribution >= 0.6 is 15.9 Å². The van der Waals surface area contributed by atoms with Gasteiger partial charge in [-0.05, 0) is 116 Å². The van der Waals surface area contributed by atoms with Gasteiger partial charge < -0.3 is 4.90 Å². The van der Waals surface area contributed by atoms with Crippen molar-refractivity contribution in [1.29, 1.82) is 0 Å². The van der Waals surface area contributed by atoms with Gasteiger partial charge in [0.1, 0.15) is 0 Å². The summed E-state index contributed by atoms with van der Waals surface area (Å²) in [6, 6.07) is 48.8. The lowest BCUT2D eigenvalue weighted by Crippen LogP contribution is -2.25. The maximum absolute atomic E-state index is 3.66. The molecule has 0 bridgehead atoms. The Labute approximate surface area is 254 Å². The van der Waals surface area contributed by atoms with Gasteiger partial charge in [0.25, 0.3) is 0 Å².